The molecular formula is C22H20N4O2. The normalized spacial score (nSPS) is 10.8. The van der Waals surface area contributed by atoms with E-state index in [9.17, 15) is 0 Å². The molecule has 0 aliphatic carbocycles. The van der Waals surface area contributed by atoms with Crippen molar-refractivity contribution in [3.8, 4) is 5.75 Å². The smallest absolute Gasteiger partial charge is 0.180 e. The fourth-order valence-electron chi connectivity index (χ4n) is 2.82. The van der Waals surface area contributed by atoms with E-state index in [1.165, 1.54) is 0 Å². The van der Waals surface area contributed by atoms with Gasteiger partial charge in [-0.2, -0.15) is 0 Å². The molecule has 0 spiro atoms. The second kappa shape index (κ2) is 8.45. The van der Waals surface area contributed by atoms with E-state index in [1.807, 2.05) is 54.6 Å². The van der Waals surface area contributed by atoms with Gasteiger partial charge in [0.25, 0.3) is 0 Å². The van der Waals surface area contributed by atoms with Crippen LogP contribution in [0.4, 0.5) is 11.5 Å². The molecule has 2 aromatic heterocycles. The Morgan fingerprint density at radius 3 is 2.54 bits per heavy atom. The SMILES string of the molecule is COc1ccc(COCc2cccc(Nc3ccc4nccnc4n3)c2)cc1. The molecule has 4 rings (SSSR count). The number of hydrogen-bond donors (Lipinski definition) is 1. The molecule has 28 heavy (non-hydrogen) atoms. The molecule has 4 aromatic rings. The van der Waals surface area contributed by atoms with Crippen LogP contribution in [0.5, 0.6) is 5.75 Å². The van der Waals surface area contributed by atoms with Gasteiger partial charge in [-0.15, -0.1) is 0 Å². The van der Waals surface area contributed by atoms with E-state index < -0.39 is 0 Å². The highest BCUT2D eigenvalue weighted by molar-refractivity contribution is 5.72. The predicted octanol–water partition coefficient (Wildman–Crippen LogP) is 4.49. The first-order chi connectivity index (χ1) is 13.8. The zero-order chi connectivity index (χ0) is 19.2. The fourth-order valence-corrected chi connectivity index (χ4v) is 2.82. The summed E-state index contributed by atoms with van der Waals surface area (Å²) < 4.78 is 11.0. The highest BCUT2D eigenvalue weighted by atomic mass is 16.5. The molecule has 0 amide bonds. The Morgan fingerprint density at radius 1 is 0.857 bits per heavy atom. The van der Waals surface area contributed by atoms with Gasteiger partial charge in [0.2, 0.25) is 0 Å². The second-order valence-electron chi connectivity index (χ2n) is 6.26. The van der Waals surface area contributed by atoms with Crippen LogP contribution in [0.2, 0.25) is 0 Å². The average molecular weight is 372 g/mol. The molecule has 0 unspecified atom stereocenters. The van der Waals surface area contributed by atoms with E-state index >= 15 is 0 Å². The van der Waals surface area contributed by atoms with Crippen LogP contribution in [0.3, 0.4) is 0 Å². The minimum absolute atomic E-state index is 0.526. The Hall–Kier alpha value is -3.51. The molecule has 0 radical (unpaired) electrons. The zero-order valence-electron chi connectivity index (χ0n) is 15.5. The number of anilines is 2. The van der Waals surface area contributed by atoms with Crippen molar-refractivity contribution in [2.45, 2.75) is 13.2 Å². The van der Waals surface area contributed by atoms with Crippen LogP contribution in [-0.4, -0.2) is 22.1 Å². The van der Waals surface area contributed by atoms with Crippen molar-refractivity contribution in [3.05, 3.63) is 84.2 Å². The third-order valence-electron chi connectivity index (χ3n) is 4.23. The summed E-state index contributed by atoms with van der Waals surface area (Å²) in [7, 11) is 1.66. The van der Waals surface area contributed by atoms with E-state index in [2.05, 4.69) is 26.3 Å². The standard InChI is InChI=1S/C22H20N4O2/c1-27-19-7-5-16(6-8-19)14-28-15-17-3-2-4-18(13-17)25-21-10-9-20-22(26-21)24-12-11-23-20/h2-13H,14-15H2,1H3,(H,24,25,26). The van der Waals surface area contributed by atoms with Gasteiger partial charge in [-0.1, -0.05) is 24.3 Å². The maximum atomic E-state index is 5.84. The van der Waals surface area contributed by atoms with Gasteiger partial charge < -0.3 is 14.8 Å². The average Bonchev–Trinajstić information content (AvgIpc) is 2.74. The molecule has 0 bridgehead atoms. The van der Waals surface area contributed by atoms with Crippen molar-refractivity contribution in [2.24, 2.45) is 0 Å². The number of nitrogens with one attached hydrogen (secondary N) is 1. The van der Waals surface area contributed by atoms with Crippen LogP contribution >= 0.6 is 0 Å². The summed E-state index contributed by atoms with van der Waals surface area (Å²) in [5, 5.41) is 3.31. The molecule has 2 heterocycles. The molecule has 0 saturated carbocycles. The molecule has 6 nitrogen and oxygen atoms in total. The van der Waals surface area contributed by atoms with Gasteiger partial charge in [0, 0.05) is 18.1 Å². The van der Waals surface area contributed by atoms with Crippen molar-refractivity contribution in [3.63, 3.8) is 0 Å². The Bertz CT molecular complexity index is 1070. The first-order valence-electron chi connectivity index (χ1n) is 8.94. The van der Waals surface area contributed by atoms with Gasteiger partial charge in [-0.25, -0.2) is 9.97 Å². The summed E-state index contributed by atoms with van der Waals surface area (Å²) in [6.45, 7) is 1.07. The van der Waals surface area contributed by atoms with Gasteiger partial charge in [0.1, 0.15) is 17.1 Å². The number of methoxy groups -OCH3 is 1. The Kier molecular flexibility index (Phi) is 5.40. The Balaban J connectivity index is 1.37. The molecule has 140 valence electrons. The van der Waals surface area contributed by atoms with Crippen molar-refractivity contribution < 1.29 is 9.47 Å². The van der Waals surface area contributed by atoms with Crippen LogP contribution in [0.15, 0.2) is 73.1 Å². The molecule has 0 atom stereocenters. The highest BCUT2D eigenvalue weighted by Gasteiger charge is 2.02. The van der Waals surface area contributed by atoms with Gasteiger partial charge >= 0.3 is 0 Å². The minimum Gasteiger partial charge on any atom is -0.497 e. The second-order valence-corrected chi connectivity index (χ2v) is 6.26. The van der Waals surface area contributed by atoms with E-state index in [0.717, 1.165) is 33.9 Å². The summed E-state index contributed by atoms with van der Waals surface area (Å²) in [5.41, 5.74) is 4.53. The summed E-state index contributed by atoms with van der Waals surface area (Å²) in [6, 6.07) is 19.8. The van der Waals surface area contributed by atoms with Crippen molar-refractivity contribution in [1.82, 2.24) is 15.0 Å². The number of benzene rings is 2. The highest BCUT2D eigenvalue weighted by Crippen LogP contribution is 2.19. The van der Waals surface area contributed by atoms with Gasteiger partial charge in [-0.05, 0) is 47.5 Å². The number of fused-ring (bicyclic) bond motifs is 1. The van der Waals surface area contributed by atoms with E-state index in [-0.39, 0.29) is 0 Å². The van der Waals surface area contributed by atoms with Crippen LogP contribution < -0.4 is 10.1 Å². The quantitative estimate of drug-likeness (QED) is 0.515. The summed E-state index contributed by atoms with van der Waals surface area (Å²) >= 11 is 0. The molecule has 0 saturated heterocycles. The van der Waals surface area contributed by atoms with Crippen LogP contribution in [0, 0.1) is 0 Å². The monoisotopic (exact) mass is 372 g/mol. The third kappa shape index (κ3) is 4.42. The van der Waals surface area contributed by atoms with E-state index in [4.69, 9.17) is 9.47 Å². The van der Waals surface area contributed by atoms with Crippen molar-refractivity contribution >= 4 is 22.7 Å². The molecule has 0 aliphatic rings. The first-order valence-corrected chi connectivity index (χ1v) is 8.94. The lowest BCUT2D eigenvalue weighted by atomic mass is 10.2. The lowest BCUT2D eigenvalue weighted by molar-refractivity contribution is 0.107. The molecular weight excluding hydrogens is 352 g/mol. The number of ether oxygens (including phenoxy) is 2. The number of aromatic nitrogens is 3. The van der Waals surface area contributed by atoms with E-state index in [0.29, 0.717) is 18.9 Å². The molecule has 6 heteroatoms. The van der Waals surface area contributed by atoms with Gasteiger partial charge in [-0.3, -0.25) is 4.98 Å². The minimum atomic E-state index is 0.526. The predicted molar refractivity (Wildman–Crippen MR) is 109 cm³/mol. The van der Waals surface area contributed by atoms with E-state index in [1.54, 1.807) is 19.5 Å². The zero-order valence-corrected chi connectivity index (χ0v) is 15.5. The van der Waals surface area contributed by atoms with Crippen LogP contribution in [0.1, 0.15) is 11.1 Å². The summed E-state index contributed by atoms with van der Waals surface area (Å²) in [4.78, 5) is 13.0. The molecule has 0 fully saturated rings. The van der Waals surface area contributed by atoms with Crippen molar-refractivity contribution in [2.75, 3.05) is 12.4 Å². The Labute approximate surface area is 163 Å². The summed E-state index contributed by atoms with van der Waals surface area (Å²) in [5.74, 6) is 1.57. The molecule has 2 aromatic carbocycles. The van der Waals surface area contributed by atoms with Crippen LogP contribution in [0.25, 0.3) is 11.2 Å². The maximum absolute atomic E-state index is 5.84. The van der Waals surface area contributed by atoms with Crippen LogP contribution in [-0.2, 0) is 18.0 Å². The number of nitrogens with zero attached hydrogens (tertiary/aromatic N) is 3. The number of pyridine rings is 1. The van der Waals surface area contributed by atoms with Gasteiger partial charge in [0.15, 0.2) is 5.65 Å². The number of hydrogen-bond acceptors (Lipinski definition) is 6. The summed E-state index contributed by atoms with van der Waals surface area (Å²) in [6.07, 6.45) is 3.30. The Morgan fingerprint density at radius 2 is 1.68 bits per heavy atom. The largest absolute Gasteiger partial charge is 0.497 e. The maximum Gasteiger partial charge on any atom is 0.180 e. The lowest BCUT2D eigenvalue weighted by Crippen LogP contribution is -1.98. The van der Waals surface area contributed by atoms with Crippen molar-refractivity contribution in [1.29, 1.82) is 0 Å². The molecule has 1 N–H and O–H groups in total. The van der Waals surface area contributed by atoms with Gasteiger partial charge in [0.05, 0.1) is 20.3 Å². The first kappa shape index (κ1) is 17.9. The molecule has 0 aliphatic heterocycles. The fraction of sp³-hybridized carbons (Fsp3) is 0.136. The third-order valence-corrected chi connectivity index (χ3v) is 4.23. The lowest BCUT2D eigenvalue weighted by Gasteiger charge is -2.09. The topological polar surface area (TPSA) is 69.2 Å². The number of rotatable bonds is 7.